The Balaban J connectivity index is 2.87. The smallest absolute Gasteiger partial charge is 0.270 e. The van der Waals surface area contributed by atoms with Gasteiger partial charge in [-0.2, -0.15) is 0 Å². The molecule has 1 rings (SSSR count). The van der Waals surface area contributed by atoms with E-state index in [4.69, 9.17) is 11.2 Å². The van der Waals surface area contributed by atoms with Crippen LogP contribution in [0.3, 0.4) is 0 Å². The molecule has 1 N–H and O–H groups in total. The van der Waals surface area contributed by atoms with E-state index >= 15 is 0 Å². The summed E-state index contributed by atoms with van der Waals surface area (Å²) in [6.45, 7) is 4.94. The van der Waals surface area contributed by atoms with Gasteiger partial charge in [-0.25, -0.2) is 0 Å². The van der Waals surface area contributed by atoms with Gasteiger partial charge in [-0.15, -0.1) is 12.3 Å². The molecular weight excluding hydrogens is 244 g/mol. The topological polar surface area (TPSA) is 64.4 Å². The Bertz CT molecular complexity index is 478. The van der Waals surface area contributed by atoms with Gasteiger partial charge in [0, 0.05) is 36.7 Å². The molecule has 5 nitrogen and oxygen atoms in total. The number of nitro groups is 1. The van der Waals surface area contributed by atoms with E-state index in [1.54, 1.807) is 6.07 Å². The second-order valence-corrected chi connectivity index (χ2v) is 4.39. The Kier molecular flexibility index (Phi) is 5.83. The number of hydrogen-bond acceptors (Lipinski definition) is 4. The van der Waals surface area contributed by atoms with Gasteiger partial charge in [0.2, 0.25) is 0 Å². The minimum atomic E-state index is -0.413. The van der Waals surface area contributed by atoms with Crippen molar-refractivity contribution in [3.05, 3.63) is 33.9 Å². The van der Waals surface area contributed by atoms with Crippen LogP contribution in [0.15, 0.2) is 18.2 Å². The number of hydrogen-bond donors (Lipinski definition) is 1. The Morgan fingerprint density at radius 2 is 2.26 bits per heavy atom. The average Bonchev–Trinajstić information content (AvgIpc) is 2.37. The molecule has 0 saturated carbocycles. The molecule has 0 aromatic heterocycles. The van der Waals surface area contributed by atoms with Crippen LogP contribution in [0, 0.1) is 22.5 Å². The van der Waals surface area contributed by atoms with Crippen molar-refractivity contribution in [3.8, 4) is 18.1 Å². The maximum atomic E-state index is 10.8. The van der Waals surface area contributed by atoms with Gasteiger partial charge in [0.15, 0.2) is 0 Å². The number of nitrogens with one attached hydrogen (secondary N) is 1. The molecule has 0 fully saturated rings. The molecule has 102 valence electrons. The van der Waals surface area contributed by atoms with Gasteiger partial charge in [-0.1, -0.05) is 13.8 Å². The van der Waals surface area contributed by atoms with Crippen molar-refractivity contribution in [2.24, 2.45) is 0 Å². The summed E-state index contributed by atoms with van der Waals surface area (Å²) in [7, 11) is 0. The van der Waals surface area contributed by atoms with Crippen molar-refractivity contribution in [1.29, 1.82) is 0 Å². The molecule has 0 amide bonds. The lowest BCUT2D eigenvalue weighted by Gasteiger charge is -2.13. The maximum Gasteiger partial charge on any atom is 0.270 e. The normalized spacial score (nSPS) is 10.2. The molecule has 5 heteroatoms. The first-order valence-electron chi connectivity index (χ1n) is 6.11. The van der Waals surface area contributed by atoms with Crippen molar-refractivity contribution in [1.82, 2.24) is 5.32 Å². The van der Waals surface area contributed by atoms with Crippen molar-refractivity contribution >= 4 is 5.69 Å². The molecule has 0 unspecified atom stereocenters. The number of benzene rings is 1. The molecule has 0 aliphatic rings. The van der Waals surface area contributed by atoms with E-state index in [9.17, 15) is 10.1 Å². The van der Waals surface area contributed by atoms with Gasteiger partial charge < -0.3 is 10.1 Å². The first-order chi connectivity index (χ1) is 9.04. The van der Waals surface area contributed by atoms with E-state index in [1.165, 1.54) is 12.1 Å². The lowest BCUT2D eigenvalue weighted by atomic mass is 10.1. The summed E-state index contributed by atoms with van der Waals surface area (Å²) in [4.78, 5) is 10.4. The van der Waals surface area contributed by atoms with Crippen LogP contribution in [0.2, 0.25) is 0 Å². The largest absolute Gasteiger partial charge is 0.492 e. The van der Waals surface area contributed by atoms with Crippen LogP contribution in [0.5, 0.6) is 5.75 Å². The van der Waals surface area contributed by atoms with E-state index in [0.717, 1.165) is 5.56 Å². The zero-order valence-corrected chi connectivity index (χ0v) is 11.2. The minimum absolute atomic E-state index is 0.0601. The van der Waals surface area contributed by atoms with Crippen LogP contribution < -0.4 is 10.1 Å². The highest BCUT2D eigenvalue weighted by atomic mass is 16.6. The molecule has 0 atom stereocenters. The third kappa shape index (κ3) is 4.98. The summed E-state index contributed by atoms with van der Waals surface area (Å²) >= 11 is 0. The lowest BCUT2D eigenvalue weighted by molar-refractivity contribution is -0.384. The Hall–Kier alpha value is -2.06. The fourth-order valence-electron chi connectivity index (χ4n) is 1.49. The van der Waals surface area contributed by atoms with Crippen LogP contribution in [0.4, 0.5) is 5.69 Å². The summed E-state index contributed by atoms with van der Waals surface area (Å²) in [6.07, 6.45) is 5.67. The van der Waals surface area contributed by atoms with Crippen molar-refractivity contribution in [2.45, 2.75) is 32.9 Å². The molecule has 19 heavy (non-hydrogen) atoms. The van der Waals surface area contributed by atoms with E-state index in [-0.39, 0.29) is 11.7 Å². The van der Waals surface area contributed by atoms with Crippen LogP contribution in [-0.4, -0.2) is 17.6 Å². The predicted octanol–water partition coefficient (Wildman–Crippen LogP) is 2.49. The zero-order chi connectivity index (χ0) is 14.3. The van der Waals surface area contributed by atoms with Crippen LogP contribution in [-0.2, 0) is 6.54 Å². The van der Waals surface area contributed by atoms with Gasteiger partial charge >= 0.3 is 0 Å². The Morgan fingerprint density at radius 3 is 2.84 bits per heavy atom. The molecular formula is C14H18N2O3. The number of nitrogens with zero attached hydrogens (tertiary/aromatic N) is 1. The SMILES string of the molecule is C#CCCOc1ccc([N+](=O)[O-])cc1CNC(C)C. The first-order valence-corrected chi connectivity index (χ1v) is 6.11. The predicted molar refractivity (Wildman–Crippen MR) is 74.0 cm³/mol. The molecule has 0 radical (unpaired) electrons. The standard InChI is InChI=1S/C14H18N2O3/c1-4-5-8-19-14-7-6-13(16(17)18)9-12(14)10-15-11(2)3/h1,6-7,9,11,15H,5,8,10H2,2-3H3. The molecule has 0 aliphatic carbocycles. The molecule has 1 aromatic carbocycles. The minimum Gasteiger partial charge on any atom is -0.492 e. The third-order valence-electron chi connectivity index (χ3n) is 2.46. The highest BCUT2D eigenvalue weighted by molar-refractivity contribution is 5.43. The number of nitro benzene ring substituents is 1. The molecule has 0 heterocycles. The van der Waals surface area contributed by atoms with E-state index in [0.29, 0.717) is 25.3 Å². The molecule has 0 aliphatic heterocycles. The van der Waals surface area contributed by atoms with E-state index in [1.807, 2.05) is 13.8 Å². The van der Waals surface area contributed by atoms with Gasteiger partial charge in [0.05, 0.1) is 11.5 Å². The zero-order valence-electron chi connectivity index (χ0n) is 11.2. The summed E-state index contributed by atoms with van der Waals surface area (Å²) in [6, 6.07) is 4.87. The number of non-ortho nitro benzene ring substituents is 1. The quantitative estimate of drug-likeness (QED) is 0.355. The van der Waals surface area contributed by atoms with E-state index < -0.39 is 4.92 Å². The molecule has 1 aromatic rings. The maximum absolute atomic E-state index is 10.8. The summed E-state index contributed by atoms with van der Waals surface area (Å²) in [5, 5.41) is 14.0. The van der Waals surface area contributed by atoms with Crippen molar-refractivity contribution in [3.63, 3.8) is 0 Å². The summed E-state index contributed by atoms with van der Waals surface area (Å²) in [5.41, 5.74) is 0.824. The Labute approximate surface area is 113 Å². The fraction of sp³-hybridized carbons (Fsp3) is 0.429. The number of rotatable bonds is 7. The van der Waals surface area contributed by atoms with Crippen molar-refractivity contribution < 1.29 is 9.66 Å². The van der Waals surface area contributed by atoms with Crippen LogP contribution in [0.1, 0.15) is 25.8 Å². The van der Waals surface area contributed by atoms with E-state index in [2.05, 4.69) is 11.2 Å². The van der Waals surface area contributed by atoms with Gasteiger partial charge in [0.1, 0.15) is 5.75 Å². The average molecular weight is 262 g/mol. The summed E-state index contributed by atoms with van der Waals surface area (Å²) < 4.78 is 5.54. The highest BCUT2D eigenvalue weighted by Crippen LogP contribution is 2.24. The molecule has 0 spiro atoms. The van der Waals surface area contributed by atoms with Crippen LogP contribution in [0.25, 0.3) is 0 Å². The first kappa shape index (κ1) is 15.0. The lowest BCUT2D eigenvalue weighted by Crippen LogP contribution is -2.22. The second kappa shape index (κ2) is 7.39. The van der Waals surface area contributed by atoms with Crippen LogP contribution >= 0.6 is 0 Å². The van der Waals surface area contributed by atoms with Gasteiger partial charge in [-0.3, -0.25) is 10.1 Å². The molecule has 0 saturated heterocycles. The highest BCUT2D eigenvalue weighted by Gasteiger charge is 2.12. The number of ether oxygens (including phenoxy) is 1. The molecule has 0 bridgehead atoms. The Morgan fingerprint density at radius 1 is 1.53 bits per heavy atom. The van der Waals surface area contributed by atoms with Gasteiger partial charge in [0.25, 0.3) is 5.69 Å². The van der Waals surface area contributed by atoms with Gasteiger partial charge in [-0.05, 0) is 6.07 Å². The second-order valence-electron chi connectivity index (χ2n) is 4.39. The third-order valence-corrected chi connectivity index (χ3v) is 2.46. The summed E-state index contributed by atoms with van der Waals surface area (Å²) in [5.74, 6) is 3.12. The number of terminal acetylenes is 1. The monoisotopic (exact) mass is 262 g/mol. The van der Waals surface area contributed by atoms with Crippen molar-refractivity contribution in [2.75, 3.05) is 6.61 Å². The fourth-order valence-corrected chi connectivity index (χ4v) is 1.49.